The smallest absolute Gasteiger partial charge is 0.344 e. The van der Waals surface area contributed by atoms with E-state index in [0.717, 1.165) is 0 Å². The highest BCUT2D eigenvalue weighted by Gasteiger charge is 2.20. The Morgan fingerprint density at radius 1 is 0.786 bits per heavy atom. The van der Waals surface area contributed by atoms with E-state index in [1.54, 1.807) is 0 Å². The van der Waals surface area contributed by atoms with Gasteiger partial charge >= 0.3 is 11.9 Å². The molecule has 0 saturated carbocycles. The zero-order chi connectivity index (χ0) is 20.4. The molecule has 0 aromatic heterocycles. The number of carboxylic acids is 1. The Morgan fingerprint density at radius 3 is 2.04 bits per heavy atom. The number of phenols is 2. The zero-order valence-corrected chi connectivity index (χ0v) is 15.5. The lowest BCUT2D eigenvalue weighted by Crippen LogP contribution is -2.11. The van der Waals surface area contributed by atoms with Gasteiger partial charge in [-0.1, -0.05) is 23.2 Å². The highest BCUT2D eigenvalue weighted by atomic mass is 35.5. The molecule has 3 aromatic carbocycles. The normalized spacial score (nSPS) is 10.5. The number of carbonyl (C=O) groups excluding carboxylic acids is 1. The third kappa shape index (κ3) is 4.03. The van der Waals surface area contributed by atoms with Gasteiger partial charge < -0.3 is 20.1 Å². The SMILES string of the molecule is O=C(O)c1ccc(C(=O)Oc2ccc(O)cc2Cl)c(-c2ccc(O)cc2Cl)c1. The second kappa shape index (κ2) is 7.80. The van der Waals surface area contributed by atoms with Gasteiger partial charge in [0.1, 0.15) is 17.2 Å². The summed E-state index contributed by atoms with van der Waals surface area (Å²) >= 11 is 12.1. The fourth-order valence-electron chi connectivity index (χ4n) is 2.53. The average molecular weight is 419 g/mol. The number of aromatic carboxylic acids is 1. The molecule has 28 heavy (non-hydrogen) atoms. The number of esters is 1. The Kier molecular flexibility index (Phi) is 5.44. The van der Waals surface area contributed by atoms with Crippen LogP contribution in [0.25, 0.3) is 11.1 Å². The van der Waals surface area contributed by atoms with Gasteiger partial charge in [0.15, 0.2) is 0 Å². The second-order valence-electron chi connectivity index (χ2n) is 5.73. The molecule has 0 amide bonds. The molecule has 0 radical (unpaired) electrons. The van der Waals surface area contributed by atoms with Crippen molar-refractivity contribution < 1.29 is 29.6 Å². The molecule has 0 saturated heterocycles. The van der Waals surface area contributed by atoms with Crippen LogP contribution in [0.15, 0.2) is 54.6 Å². The van der Waals surface area contributed by atoms with Crippen LogP contribution < -0.4 is 4.74 Å². The van der Waals surface area contributed by atoms with Crippen LogP contribution in [0, 0.1) is 0 Å². The number of hydrogen-bond donors (Lipinski definition) is 3. The van der Waals surface area contributed by atoms with Crippen LogP contribution in [0.5, 0.6) is 17.2 Å². The summed E-state index contributed by atoms with van der Waals surface area (Å²) in [7, 11) is 0. The third-order valence-electron chi connectivity index (χ3n) is 3.85. The van der Waals surface area contributed by atoms with E-state index in [1.165, 1.54) is 54.6 Å². The lowest BCUT2D eigenvalue weighted by atomic mass is 9.97. The van der Waals surface area contributed by atoms with Gasteiger partial charge in [-0.3, -0.25) is 0 Å². The summed E-state index contributed by atoms with van der Waals surface area (Å²) in [5, 5.41) is 28.4. The third-order valence-corrected chi connectivity index (χ3v) is 4.46. The number of rotatable bonds is 4. The van der Waals surface area contributed by atoms with Gasteiger partial charge in [-0.25, -0.2) is 9.59 Å². The molecule has 0 aliphatic heterocycles. The largest absolute Gasteiger partial charge is 0.508 e. The molecule has 0 heterocycles. The number of carboxylic acid groups (broad SMARTS) is 1. The highest BCUT2D eigenvalue weighted by molar-refractivity contribution is 6.34. The first-order chi connectivity index (χ1) is 13.3. The molecular weight excluding hydrogens is 407 g/mol. The van der Waals surface area contributed by atoms with Crippen LogP contribution in [0.4, 0.5) is 0 Å². The lowest BCUT2D eigenvalue weighted by Gasteiger charge is -2.13. The first kappa shape index (κ1) is 19.5. The summed E-state index contributed by atoms with van der Waals surface area (Å²) in [4.78, 5) is 24.1. The number of hydrogen-bond acceptors (Lipinski definition) is 5. The van der Waals surface area contributed by atoms with Gasteiger partial charge in [-0.15, -0.1) is 0 Å². The van der Waals surface area contributed by atoms with Crippen LogP contribution in [-0.4, -0.2) is 27.3 Å². The minimum absolute atomic E-state index is 0.0227. The maximum atomic E-state index is 12.7. The van der Waals surface area contributed by atoms with E-state index >= 15 is 0 Å². The topological polar surface area (TPSA) is 104 Å². The van der Waals surface area contributed by atoms with E-state index in [9.17, 15) is 24.9 Å². The Labute approximate surface area is 169 Å². The first-order valence-corrected chi connectivity index (χ1v) is 8.59. The average Bonchev–Trinajstić information content (AvgIpc) is 2.63. The Morgan fingerprint density at radius 2 is 1.43 bits per heavy atom. The first-order valence-electron chi connectivity index (χ1n) is 7.83. The van der Waals surface area contributed by atoms with Crippen LogP contribution in [-0.2, 0) is 0 Å². The summed E-state index contributed by atoms with van der Waals surface area (Å²) in [6.07, 6.45) is 0. The predicted octanol–water partition coefficient (Wildman–Crippen LogP) is 4.99. The lowest BCUT2D eigenvalue weighted by molar-refractivity contribution is 0.0692. The quantitative estimate of drug-likeness (QED) is 0.407. The molecule has 0 spiro atoms. The van der Waals surface area contributed by atoms with Gasteiger partial charge in [-0.05, 0) is 54.1 Å². The maximum Gasteiger partial charge on any atom is 0.344 e. The van der Waals surface area contributed by atoms with Crippen molar-refractivity contribution in [3.8, 4) is 28.4 Å². The number of aromatic hydroxyl groups is 2. The maximum absolute atomic E-state index is 12.7. The van der Waals surface area contributed by atoms with Crippen LogP contribution in [0.1, 0.15) is 20.7 Å². The minimum Gasteiger partial charge on any atom is -0.508 e. The Bertz CT molecular complexity index is 1090. The van der Waals surface area contributed by atoms with Gasteiger partial charge in [0.05, 0.1) is 21.2 Å². The monoisotopic (exact) mass is 418 g/mol. The summed E-state index contributed by atoms with van der Waals surface area (Å²) in [5.74, 6) is -2.13. The standard InChI is InChI=1S/C20H12Cl2O6/c21-16-8-11(23)2-5-13(16)15-7-10(19(25)26)1-4-14(15)20(27)28-18-6-3-12(24)9-17(18)22/h1-9,23-24H,(H,25,26). The zero-order valence-electron chi connectivity index (χ0n) is 14.0. The summed E-state index contributed by atoms with van der Waals surface area (Å²) in [6.45, 7) is 0. The van der Waals surface area contributed by atoms with Crippen molar-refractivity contribution in [3.05, 3.63) is 75.8 Å². The fraction of sp³-hybridized carbons (Fsp3) is 0. The molecular formula is C20H12Cl2O6. The summed E-state index contributed by atoms with van der Waals surface area (Å²) in [6, 6.07) is 11.8. The van der Waals surface area contributed by atoms with Crippen molar-refractivity contribution in [2.24, 2.45) is 0 Å². The van der Waals surface area contributed by atoms with Gasteiger partial charge in [0.25, 0.3) is 0 Å². The van der Waals surface area contributed by atoms with Gasteiger partial charge in [-0.2, -0.15) is 0 Å². The van der Waals surface area contributed by atoms with Gasteiger partial charge in [0, 0.05) is 11.6 Å². The molecule has 0 aliphatic carbocycles. The summed E-state index contributed by atoms with van der Waals surface area (Å²) < 4.78 is 5.29. The molecule has 8 heteroatoms. The molecule has 6 nitrogen and oxygen atoms in total. The van der Waals surface area contributed by atoms with Crippen molar-refractivity contribution >= 4 is 35.1 Å². The van der Waals surface area contributed by atoms with Crippen LogP contribution in [0.3, 0.4) is 0 Å². The van der Waals surface area contributed by atoms with Crippen molar-refractivity contribution in [1.82, 2.24) is 0 Å². The van der Waals surface area contributed by atoms with Crippen LogP contribution in [0.2, 0.25) is 10.0 Å². The van der Waals surface area contributed by atoms with E-state index in [4.69, 9.17) is 27.9 Å². The van der Waals surface area contributed by atoms with Crippen molar-refractivity contribution in [3.63, 3.8) is 0 Å². The minimum atomic E-state index is -1.18. The van der Waals surface area contributed by atoms with Gasteiger partial charge in [0.2, 0.25) is 0 Å². The van der Waals surface area contributed by atoms with E-state index < -0.39 is 11.9 Å². The Balaban J connectivity index is 2.09. The molecule has 0 unspecified atom stereocenters. The summed E-state index contributed by atoms with van der Waals surface area (Å²) in [5.41, 5.74) is 0.538. The molecule has 142 valence electrons. The Hall–Kier alpha value is -3.22. The van der Waals surface area contributed by atoms with E-state index in [1.807, 2.05) is 0 Å². The van der Waals surface area contributed by atoms with E-state index in [2.05, 4.69) is 0 Å². The molecule has 0 bridgehead atoms. The molecule has 3 aromatic rings. The molecule has 0 atom stereocenters. The van der Waals surface area contributed by atoms with E-state index in [-0.39, 0.29) is 44.0 Å². The molecule has 3 N–H and O–H groups in total. The molecule has 0 aliphatic rings. The second-order valence-corrected chi connectivity index (χ2v) is 6.55. The van der Waals surface area contributed by atoms with Crippen molar-refractivity contribution in [1.29, 1.82) is 0 Å². The van der Waals surface area contributed by atoms with Crippen molar-refractivity contribution in [2.45, 2.75) is 0 Å². The molecule has 3 rings (SSSR count). The van der Waals surface area contributed by atoms with Crippen molar-refractivity contribution in [2.75, 3.05) is 0 Å². The number of benzene rings is 3. The number of halogens is 2. The fourth-order valence-corrected chi connectivity index (χ4v) is 3.02. The highest BCUT2D eigenvalue weighted by Crippen LogP contribution is 2.35. The molecule has 0 fully saturated rings. The van der Waals surface area contributed by atoms with E-state index in [0.29, 0.717) is 5.56 Å². The predicted molar refractivity (Wildman–Crippen MR) is 104 cm³/mol. The number of phenolic OH excluding ortho intramolecular Hbond substituents is 2. The number of ether oxygens (including phenoxy) is 1. The van der Waals surface area contributed by atoms with Crippen LogP contribution >= 0.6 is 23.2 Å². The number of carbonyl (C=O) groups is 2.